The van der Waals surface area contributed by atoms with Gasteiger partial charge in [-0.2, -0.15) is 0 Å². The van der Waals surface area contributed by atoms with Crippen LogP contribution < -0.4 is 0 Å². The molecule has 1 aromatic carbocycles. The van der Waals surface area contributed by atoms with Gasteiger partial charge in [-0.15, -0.1) is 0 Å². The fourth-order valence-electron chi connectivity index (χ4n) is 0.992. The van der Waals surface area contributed by atoms with E-state index in [-0.39, 0.29) is 5.56 Å². The van der Waals surface area contributed by atoms with Crippen molar-refractivity contribution in [1.29, 1.82) is 0 Å². The molecule has 1 rings (SSSR count). The predicted octanol–water partition coefficient (Wildman–Crippen LogP) is 2.41. The highest BCUT2D eigenvalue weighted by Crippen LogP contribution is 2.19. The quantitative estimate of drug-likeness (QED) is 0.726. The Balaban J connectivity index is 3.01. The molecule has 0 bridgehead atoms. The predicted molar refractivity (Wildman–Crippen MR) is 41.6 cm³/mol. The molecule has 1 N–H and O–H groups in total. The van der Waals surface area contributed by atoms with E-state index in [1.807, 2.05) is 0 Å². The lowest BCUT2D eigenvalue weighted by Crippen LogP contribution is -1.99. The van der Waals surface area contributed by atoms with Gasteiger partial charge in [-0.1, -0.05) is 13.0 Å². The van der Waals surface area contributed by atoms with Crippen molar-refractivity contribution in [3.05, 3.63) is 35.4 Å². The number of hydrogen-bond donors (Lipinski definition) is 1. The second kappa shape index (κ2) is 3.63. The van der Waals surface area contributed by atoms with Gasteiger partial charge in [-0.3, -0.25) is 0 Å². The first-order chi connectivity index (χ1) is 5.65. The fourth-order valence-corrected chi connectivity index (χ4v) is 0.992. The van der Waals surface area contributed by atoms with Crippen molar-refractivity contribution in [2.45, 2.75) is 19.4 Å². The zero-order valence-electron chi connectivity index (χ0n) is 6.72. The molecule has 1 aromatic rings. The number of aliphatic hydroxyl groups excluding tert-OH is 1. The van der Waals surface area contributed by atoms with E-state index in [0.29, 0.717) is 6.42 Å². The topological polar surface area (TPSA) is 20.2 Å². The van der Waals surface area contributed by atoms with Gasteiger partial charge in [0.15, 0.2) is 0 Å². The molecule has 0 aliphatic heterocycles. The molecule has 1 nitrogen and oxygen atoms in total. The molecule has 0 saturated heterocycles. The Labute approximate surface area is 69.7 Å². The number of rotatable bonds is 2. The average molecular weight is 172 g/mol. The van der Waals surface area contributed by atoms with Crippen LogP contribution in [0.2, 0.25) is 0 Å². The van der Waals surface area contributed by atoms with E-state index in [2.05, 4.69) is 0 Å². The van der Waals surface area contributed by atoms with E-state index in [0.717, 1.165) is 12.1 Å². The summed E-state index contributed by atoms with van der Waals surface area (Å²) in [6.45, 7) is 1.73. The standard InChI is InChI=1S/C9H10F2O/c1-2-9(12)7-4-3-6(10)5-8(7)11/h3-5,9,12H,2H2,1H3/t9-/m0/s1. The van der Waals surface area contributed by atoms with Crippen molar-refractivity contribution < 1.29 is 13.9 Å². The molecule has 0 aliphatic rings. The van der Waals surface area contributed by atoms with Crippen LogP contribution >= 0.6 is 0 Å². The first kappa shape index (κ1) is 9.13. The van der Waals surface area contributed by atoms with Gasteiger partial charge in [0.2, 0.25) is 0 Å². The maximum atomic E-state index is 12.9. The maximum absolute atomic E-state index is 12.9. The van der Waals surface area contributed by atoms with Crippen LogP contribution in [0.1, 0.15) is 25.0 Å². The van der Waals surface area contributed by atoms with Crippen LogP contribution in [-0.2, 0) is 0 Å². The molecule has 12 heavy (non-hydrogen) atoms. The van der Waals surface area contributed by atoms with Crippen molar-refractivity contribution in [3.8, 4) is 0 Å². The van der Waals surface area contributed by atoms with Gasteiger partial charge in [0.25, 0.3) is 0 Å². The van der Waals surface area contributed by atoms with E-state index >= 15 is 0 Å². The molecule has 0 unspecified atom stereocenters. The highest BCUT2D eigenvalue weighted by molar-refractivity contribution is 5.20. The molecule has 3 heteroatoms. The van der Waals surface area contributed by atoms with Crippen LogP contribution in [0.15, 0.2) is 18.2 Å². The minimum Gasteiger partial charge on any atom is -0.388 e. The van der Waals surface area contributed by atoms with Crippen LogP contribution in [0.25, 0.3) is 0 Å². The molecule has 1 atom stereocenters. The zero-order valence-corrected chi connectivity index (χ0v) is 6.72. The summed E-state index contributed by atoms with van der Waals surface area (Å²) in [6.07, 6.45) is -0.423. The fraction of sp³-hybridized carbons (Fsp3) is 0.333. The summed E-state index contributed by atoms with van der Waals surface area (Å²) in [7, 11) is 0. The monoisotopic (exact) mass is 172 g/mol. The summed E-state index contributed by atoms with van der Waals surface area (Å²) in [4.78, 5) is 0. The lowest BCUT2D eigenvalue weighted by molar-refractivity contribution is 0.169. The second-order valence-corrected chi connectivity index (χ2v) is 2.59. The number of halogens is 2. The Hall–Kier alpha value is -0.960. The third kappa shape index (κ3) is 1.80. The summed E-state index contributed by atoms with van der Waals surface area (Å²) >= 11 is 0. The van der Waals surface area contributed by atoms with Gasteiger partial charge < -0.3 is 5.11 Å². The summed E-state index contributed by atoms with van der Waals surface area (Å²) in [5.41, 5.74) is 0.152. The third-order valence-corrected chi connectivity index (χ3v) is 1.71. The Morgan fingerprint density at radius 3 is 2.58 bits per heavy atom. The van der Waals surface area contributed by atoms with Crippen molar-refractivity contribution in [2.75, 3.05) is 0 Å². The summed E-state index contributed by atoms with van der Waals surface area (Å²) < 4.78 is 25.3. The van der Waals surface area contributed by atoms with Crippen molar-refractivity contribution in [2.24, 2.45) is 0 Å². The Morgan fingerprint density at radius 1 is 1.42 bits per heavy atom. The van der Waals surface area contributed by atoms with Crippen LogP contribution in [0.5, 0.6) is 0 Å². The zero-order chi connectivity index (χ0) is 9.14. The molecule has 0 aromatic heterocycles. The molecule has 0 fully saturated rings. The Morgan fingerprint density at radius 2 is 2.08 bits per heavy atom. The highest BCUT2D eigenvalue weighted by Gasteiger charge is 2.10. The summed E-state index contributed by atoms with van der Waals surface area (Å²) in [5.74, 6) is -1.32. The molecule has 66 valence electrons. The van der Waals surface area contributed by atoms with E-state index in [4.69, 9.17) is 0 Å². The molecule has 0 heterocycles. The maximum Gasteiger partial charge on any atom is 0.131 e. The van der Waals surface area contributed by atoms with Crippen molar-refractivity contribution in [1.82, 2.24) is 0 Å². The minimum absolute atomic E-state index is 0.152. The van der Waals surface area contributed by atoms with Gasteiger partial charge in [-0.05, 0) is 12.5 Å². The minimum atomic E-state index is -0.842. The number of hydrogen-bond acceptors (Lipinski definition) is 1. The van der Waals surface area contributed by atoms with Gasteiger partial charge in [0.05, 0.1) is 6.10 Å². The average Bonchev–Trinajstić information content (AvgIpc) is 2.03. The molecular formula is C9H10F2O. The van der Waals surface area contributed by atoms with E-state index < -0.39 is 17.7 Å². The van der Waals surface area contributed by atoms with Crippen molar-refractivity contribution in [3.63, 3.8) is 0 Å². The van der Waals surface area contributed by atoms with Gasteiger partial charge in [-0.25, -0.2) is 8.78 Å². The third-order valence-electron chi connectivity index (χ3n) is 1.71. The van der Waals surface area contributed by atoms with Gasteiger partial charge in [0.1, 0.15) is 11.6 Å². The molecule has 0 aliphatic carbocycles. The van der Waals surface area contributed by atoms with Crippen LogP contribution in [-0.4, -0.2) is 5.11 Å². The molecule has 0 amide bonds. The first-order valence-electron chi connectivity index (χ1n) is 3.78. The van der Waals surface area contributed by atoms with Gasteiger partial charge in [0, 0.05) is 11.6 Å². The normalized spacial score (nSPS) is 13.0. The van der Waals surface area contributed by atoms with Crippen molar-refractivity contribution >= 4 is 0 Å². The lowest BCUT2D eigenvalue weighted by atomic mass is 10.1. The number of benzene rings is 1. The number of aliphatic hydroxyl groups is 1. The van der Waals surface area contributed by atoms with Gasteiger partial charge >= 0.3 is 0 Å². The van der Waals surface area contributed by atoms with Crippen LogP contribution in [0.3, 0.4) is 0 Å². The van der Waals surface area contributed by atoms with E-state index in [1.165, 1.54) is 6.07 Å². The molecule has 0 saturated carbocycles. The summed E-state index contributed by atoms with van der Waals surface area (Å²) in [6, 6.07) is 3.17. The summed E-state index contributed by atoms with van der Waals surface area (Å²) in [5, 5.41) is 9.24. The lowest BCUT2D eigenvalue weighted by Gasteiger charge is -2.08. The Kier molecular flexibility index (Phi) is 2.76. The second-order valence-electron chi connectivity index (χ2n) is 2.59. The molecule has 0 spiro atoms. The van der Waals surface area contributed by atoms with Crippen LogP contribution in [0.4, 0.5) is 8.78 Å². The highest BCUT2D eigenvalue weighted by atomic mass is 19.1. The first-order valence-corrected chi connectivity index (χ1v) is 3.78. The molecular weight excluding hydrogens is 162 g/mol. The van der Waals surface area contributed by atoms with E-state index in [1.54, 1.807) is 6.92 Å². The van der Waals surface area contributed by atoms with E-state index in [9.17, 15) is 13.9 Å². The van der Waals surface area contributed by atoms with Crippen LogP contribution in [0, 0.1) is 11.6 Å². The largest absolute Gasteiger partial charge is 0.388 e. The smallest absolute Gasteiger partial charge is 0.131 e. The molecule has 0 radical (unpaired) electrons. The Bertz CT molecular complexity index is 273. The SMILES string of the molecule is CC[C@H](O)c1ccc(F)cc1F.